The van der Waals surface area contributed by atoms with E-state index in [-0.39, 0.29) is 23.2 Å². The van der Waals surface area contributed by atoms with Crippen LogP contribution in [0.3, 0.4) is 0 Å². The predicted molar refractivity (Wildman–Crippen MR) is 141 cm³/mol. The van der Waals surface area contributed by atoms with Crippen LogP contribution in [0.5, 0.6) is 5.75 Å². The number of aryl methyl sites for hydroxylation is 1. The van der Waals surface area contributed by atoms with Gasteiger partial charge in [-0.15, -0.1) is 0 Å². The summed E-state index contributed by atoms with van der Waals surface area (Å²) in [5, 5.41) is 0. The first-order valence-electron chi connectivity index (χ1n) is 13.4. The fourth-order valence-corrected chi connectivity index (χ4v) is 5.38. The lowest BCUT2D eigenvalue weighted by Gasteiger charge is -2.30. The molecule has 0 heterocycles. The molecule has 0 saturated heterocycles. The Labute approximate surface area is 213 Å². The summed E-state index contributed by atoms with van der Waals surface area (Å²) in [6.07, 6.45) is 8.70. The van der Waals surface area contributed by atoms with Gasteiger partial charge >= 0.3 is 0 Å². The Kier molecular flexibility index (Phi) is 9.12. The summed E-state index contributed by atoms with van der Waals surface area (Å²) >= 11 is 0. The van der Waals surface area contributed by atoms with Crippen LogP contribution in [0.1, 0.15) is 93.2 Å². The zero-order valence-electron chi connectivity index (χ0n) is 21.5. The molecule has 1 aliphatic carbocycles. The van der Waals surface area contributed by atoms with Gasteiger partial charge in [0.2, 0.25) is 0 Å². The van der Waals surface area contributed by atoms with E-state index in [1.165, 1.54) is 25.3 Å². The highest BCUT2D eigenvalue weighted by Gasteiger charge is 2.28. The van der Waals surface area contributed by atoms with Gasteiger partial charge in [-0.3, -0.25) is 0 Å². The Morgan fingerprint density at radius 3 is 2.03 bits per heavy atom. The molecule has 1 saturated carbocycles. The van der Waals surface area contributed by atoms with Crippen molar-refractivity contribution in [3.8, 4) is 16.9 Å². The second kappa shape index (κ2) is 12.5. The summed E-state index contributed by atoms with van der Waals surface area (Å²) in [5.74, 6) is -1.16. The van der Waals surface area contributed by atoms with E-state index in [4.69, 9.17) is 4.74 Å². The van der Waals surface area contributed by atoms with Crippen molar-refractivity contribution in [2.75, 3.05) is 6.61 Å². The van der Waals surface area contributed by atoms with Gasteiger partial charge in [-0.05, 0) is 73.6 Å². The minimum atomic E-state index is -0.787. The largest absolute Gasteiger partial charge is 0.493 e. The number of hydrogen-bond donors (Lipinski definition) is 0. The first-order valence-corrected chi connectivity index (χ1v) is 13.4. The number of halogens is 3. The van der Waals surface area contributed by atoms with Gasteiger partial charge in [0, 0.05) is 11.6 Å². The van der Waals surface area contributed by atoms with E-state index < -0.39 is 11.6 Å². The van der Waals surface area contributed by atoms with Crippen LogP contribution >= 0.6 is 0 Å². The minimum Gasteiger partial charge on any atom is -0.493 e. The molecule has 0 N–H and O–H groups in total. The first kappa shape index (κ1) is 26.3. The molecular weight excluding hydrogens is 457 g/mol. The Hall–Kier alpha value is -2.75. The molecule has 1 aliphatic rings. The van der Waals surface area contributed by atoms with E-state index in [1.54, 1.807) is 12.1 Å². The number of hydrogen-bond acceptors (Lipinski definition) is 1. The fraction of sp³-hybridized carbons (Fsp3) is 0.438. The highest BCUT2D eigenvalue weighted by atomic mass is 19.2. The van der Waals surface area contributed by atoms with Gasteiger partial charge in [-0.25, -0.2) is 13.2 Å². The van der Waals surface area contributed by atoms with Gasteiger partial charge in [0.1, 0.15) is 11.6 Å². The van der Waals surface area contributed by atoms with Gasteiger partial charge in [-0.1, -0.05) is 80.6 Å². The third-order valence-electron chi connectivity index (χ3n) is 7.57. The van der Waals surface area contributed by atoms with E-state index in [9.17, 15) is 8.78 Å². The van der Waals surface area contributed by atoms with Gasteiger partial charge in [0.05, 0.1) is 6.61 Å². The average molecular weight is 495 g/mol. The monoisotopic (exact) mass is 494 g/mol. The van der Waals surface area contributed by atoms with Crippen molar-refractivity contribution in [3.63, 3.8) is 0 Å². The maximum Gasteiger partial charge on any atom is 0.166 e. The van der Waals surface area contributed by atoms with E-state index in [0.29, 0.717) is 41.9 Å². The Balaban J connectivity index is 1.35. The molecule has 0 aliphatic heterocycles. The second-order valence-electron chi connectivity index (χ2n) is 10.2. The molecular formula is C32H37F3O. The molecule has 1 nitrogen and oxygen atoms in total. The van der Waals surface area contributed by atoms with Gasteiger partial charge in [0.25, 0.3) is 0 Å². The second-order valence-corrected chi connectivity index (χ2v) is 10.2. The van der Waals surface area contributed by atoms with Crippen molar-refractivity contribution in [2.45, 2.75) is 83.5 Å². The molecule has 3 aromatic rings. The van der Waals surface area contributed by atoms with Crippen molar-refractivity contribution < 1.29 is 17.9 Å². The van der Waals surface area contributed by atoms with Crippen molar-refractivity contribution in [2.24, 2.45) is 0 Å². The smallest absolute Gasteiger partial charge is 0.166 e. The third-order valence-corrected chi connectivity index (χ3v) is 7.57. The van der Waals surface area contributed by atoms with Gasteiger partial charge < -0.3 is 4.74 Å². The number of ether oxygens (including phenoxy) is 1. The quantitative estimate of drug-likeness (QED) is 0.255. The summed E-state index contributed by atoms with van der Waals surface area (Å²) in [6, 6.07) is 16.0. The van der Waals surface area contributed by atoms with Crippen LogP contribution in [-0.2, 0) is 0 Å². The molecule has 0 radical (unpaired) electrons. The lowest BCUT2D eigenvalue weighted by atomic mass is 9.75. The average Bonchev–Trinajstić information content (AvgIpc) is 2.89. The van der Waals surface area contributed by atoms with Crippen molar-refractivity contribution in [1.29, 1.82) is 0 Å². The molecule has 0 atom stereocenters. The number of unbranched alkanes of at least 4 members (excludes halogenated alkanes) is 4. The minimum absolute atomic E-state index is 0.0545. The molecule has 0 bridgehead atoms. The molecule has 36 heavy (non-hydrogen) atoms. The van der Waals surface area contributed by atoms with E-state index in [1.807, 2.05) is 43.3 Å². The van der Waals surface area contributed by atoms with Crippen LogP contribution in [0.4, 0.5) is 13.2 Å². The molecule has 4 heteroatoms. The van der Waals surface area contributed by atoms with E-state index in [2.05, 4.69) is 6.92 Å². The standard InChI is InChI=1S/C32H37F3O/c1-3-4-5-6-7-20-36-26-16-17-27(30(33)21-26)23-12-14-25(15-13-23)29-19-18-28(31(34)32(29)35)24-10-8-22(2)9-11-24/h8-11,16-19,21,23,25H,3-7,12-15,20H2,1-2H3. The highest BCUT2D eigenvalue weighted by Crippen LogP contribution is 2.43. The summed E-state index contributed by atoms with van der Waals surface area (Å²) in [4.78, 5) is 0. The maximum atomic E-state index is 15.1. The summed E-state index contributed by atoms with van der Waals surface area (Å²) in [7, 11) is 0. The molecule has 192 valence electrons. The lowest BCUT2D eigenvalue weighted by Crippen LogP contribution is -2.15. The summed E-state index contributed by atoms with van der Waals surface area (Å²) < 4.78 is 50.7. The third kappa shape index (κ3) is 6.32. The molecule has 0 unspecified atom stereocenters. The van der Waals surface area contributed by atoms with Crippen LogP contribution in [-0.4, -0.2) is 6.61 Å². The fourth-order valence-electron chi connectivity index (χ4n) is 5.38. The molecule has 3 aromatic carbocycles. The van der Waals surface area contributed by atoms with Crippen LogP contribution in [0.25, 0.3) is 11.1 Å². The molecule has 1 fully saturated rings. The van der Waals surface area contributed by atoms with E-state index in [0.717, 1.165) is 31.2 Å². The molecule has 0 amide bonds. The maximum absolute atomic E-state index is 15.1. The Morgan fingerprint density at radius 2 is 1.36 bits per heavy atom. The zero-order chi connectivity index (χ0) is 25.5. The van der Waals surface area contributed by atoms with Crippen molar-refractivity contribution in [1.82, 2.24) is 0 Å². The number of rotatable bonds is 10. The normalized spacial score (nSPS) is 17.8. The molecule has 0 aromatic heterocycles. The lowest BCUT2D eigenvalue weighted by molar-refractivity contribution is 0.302. The van der Waals surface area contributed by atoms with Crippen LogP contribution in [0.2, 0.25) is 0 Å². The predicted octanol–water partition coefficient (Wildman–Crippen LogP) is 9.87. The Morgan fingerprint density at radius 1 is 0.722 bits per heavy atom. The summed E-state index contributed by atoms with van der Waals surface area (Å²) in [6.45, 7) is 4.76. The zero-order valence-corrected chi connectivity index (χ0v) is 21.5. The SMILES string of the molecule is CCCCCCCOc1ccc(C2CCC(c3ccc(-c4ccc(C)cc4)c(F)c3F)CC2)c(F)c1. The van der Waals surface area contributed by atoms with Crippen LogP contribution in [0, 0.1) is 24.4 Å². The topological polar surface area (TPSA) is 9.23 Å². The van der Waals surface area contributed by atoms with Gasteiger partial charge in [0.15, 0.2) is 11.6 Å². The van der Waals surface area contributed by atoms with Crippen LogP contribution < -0.4 is 4.74 Å². The Bertz CT molecular complexity index is 1130. The molecule has 0 spiro atoms. The van der Waals surface area contributed by atoms with Gasteiger partial charge in [-0.2, -0.15) is 0 Å². The van der Waals surface area contributed by atoms with E-state index >= 15 is 4.39 Å². The van der Waals surface area contributed by atoms with Crippen molar-refractivity contribution >= 4 is 0 Å². The first-order chi connectivity index (χ1) is 17.5. The highest BCUT2D eigenvalue weighted by molar-refractivity contribution is 5.65. The molecule has 4 rings (SSSR count). The summed E-state index contributed by atoms with van der Waals surface area (Å²) in [5.41, 5.74) is 3.17. The van der Waals surface area contributed by atoms with Crippen LogP contribution in [0.15, 0.2) is 54.6 Å². The number of benzene rings is 3. The van der Waals surface area contributed by atoms with Crippen molar-refractivity contribution in [3.05, 3.63) is 88.7 Å².